The molecule has 0 aromatic heterocycles. The van der Waals surface area contributed by atoms with E-state index in [9.17, 15) is 34.2 Å². The number of hydrogen-bond acceptors (Lipinski definition) is 9. The number of nitrogens with zero attached hydrogens (tertiary/aromatic N) is 1. The van der Waals surface area contributed by atoms with Gasteiger partial charge in [-0.1, -0.05) is 18.6 Å². The van der Waals surface area contributed by atoms with E-state index in [0.717, 1.165) is 0 Å². The van der Waals surface area contributed by atoms with Gasteiger partial charge in [-0.25, -0.2) is 4.79 Å². The fourth-order valence-corrected chi connectivity index (χ4v) is 3.84. The van der Waals surface area contributed by atoms with Crippen molar-refractivity contribution in [3.63, 3.8) is 0 Å². The molecule has 4 unspecified atom stereocenters. The van der Waals surface area contributed by atoms with Gasteiger partial charge in [0.25, 0.3) is 0 Å². The van der Waals surface area contributed by atoms with Gasteiger partial charge in [-0.15, -0.1) is 0 Å². The van der Waals surface area contributed by atoms with Gasteiger partial charge < -0.3 is 54.2 Å². The summed E-state index contributed by atoms with van der Waals surface area (Å²) in [5, 5.41) is 35.4. The molecule has 234 valence electrons. The molecule has 16 heteroatoms. The maximum absolute atomic E-state index is 13.4. The zero-order chi connectivity index (χ0) is 31.7. The Morgan fingerprint density at radius 1 is 0.786 bits per heavy atom. The molecule has 0 fully saturated rings. The summed E-state index contributed by atoms with van der Waals surface area (Å²) in [5.74, 6) is -5.11. The van der Waals surface area contributed by atoms with Crippen LogP contribution in [0.4, 0.5) is 0 Å². The molecule has 1 aromatic rings. The average molecular weight is 595 g/mol. The number of carboxylic acids is 2. The van der Waals surface area contributed by atoms with Crippen molar-refractivity contribution in [2.45, 2.75) is 75.5 Å². The molecule has 0 bridgehead atoms. The highest BCUT2D eigenvalue weighted by molar-refractivity contribution is 5.94. The Hall–Kier alpha value is -4.44. The van der Waals surface area contributed by atoms with Crippen LogP contribution in [0.3, 0.4) is 0 Å². The lowest BCUT2D eigenvalue weighted by Crippen LogP contribution is -2.57. The first-order chi connectivity index (χ1) is 19.8. The molecule has 0 aliphatic carbocycles. The Morgan fingerprint density at radius 2 is 1.38 bits per heavy atom. The number of nitrogens with one attached hydrogen (secondary N) is 3. The lowest BCUT2D eigenvalue weighted by Gasteiger charge is -2.25. The van der Waals surface area contributed by atoms with Gasteiger partial charge in [0.1, 0.15) is 23.9 Å². The number of aromatic hydroxyl groups is 1. The molecule has 42 heavy (non-hydrogen) atoms. The summed E-state index contributed by atoms with van der Waals surface area (Å²) in [4.78, 5) is 65.7. The second-order valence-electron chi connectivity index (χ2n) is 9.66. The van der Waals surface area contributed by atoms with E-state index in [1.54, 1.807) is 12.1 Å². The van der Waals surface area contributed by atoms with Crippen molar-refractivity contribution in [1.29, 1.82) is 0 Å². The number of benzene rings is 1. The normalized spacial score (nSPS) is 13.6. The maximum Gasteiger partial charge on any atom is 0.326 e. The highest BCUT2D eigenvalue weighted by Gasteiger charge is 2.30. The molecule has 0 saturated carbocycles. The van der Waals surface area contributed by atoms with Crippen LogP contribution < -0.4 is 38.9 Å². The number of phenols is 1. The summed E-state index contributed by atoms with van der Waals surface area (Å²) in [7, 11) is 0. The Labute approximate surface area is 243 Å². The van der Waals surface area contributed by atoms with E-state index in [1.165, 1.54) is 12.1 Å². The van der Waals surface area contributed by atoms with Crippen molar-refractivity contribution in [1.82, 2.24) is 16.0 Å². The number of amides is 3. The number of guanidine groups is 1. The number of hydrogen-bond donors (Lipinski definition) is 10. The third-order valence-corrected chi connectivity index (χ3v) is 6.15. The number of aliphatic carboxylic acids is 2. The molecule has 1 rings (SSSR count). The van der Waals surface area contributed by atoms with Crippen LogP contribution in [0.25, 0.3) is 0 Å². The minimum absolute atomic E-state index is 0.000828. The Bertz CT molecular complexity index is 1080. The molecule has 0 saturated heterocycles. The number of phenolic OH excluding ortho intramolecular Hbond substituents is 1. The van der Waals surface area contributed by atoms with Gasteiger partial charge in [-0.2, -0.15) is 0 Å². The van der Waals surface area contributed by atoms with Crippen molar-refractivity contribution in [2.24, 2.45) is 27.9 Å². The fourth-order valence-electron chi connectivity index (χ4n) is 3.84. The molecule has 0 spiro atoms. The smallest absolute Gasteiger partial charge is 0.326 e. The minimum atomic E-state index is -1.52. The topological polar surface area (TPSA) is 299 Å². The molecular weight excluding hydrogens is 552 g/mol. The number of unbranched alkanes of at least 4 members (excludes halogenated alkanes) is 1. The molecule has 0 aliphatic heterocycles. The maximum atomic E-state index is 13.4. The fraction of sp³-hybridized carbons (Fsp3) is 0.538. The quantitative estimate of drug-likeness (QED) is 0.0439. The lowest BCUT2D eigenvalue weighted by atomic mass is 10.0. The third-order valence-electron chi connectivity index (χ3n) is 6.15. The molecule has 4 atom stereocenters. The number of carbonyl (C=O) groups is 5. The molecule has 16 nitrogen and oxygen atoms in total. The Kier molecular flexibility index (Phi) is 15.9. The van der Waals surface area contributed by atoms with E-state index >= 15 is 0 Å². The van der Waals surface area contributed by atoms with E-state index in [4.69, 9.17) is 28.0 Å². The first-order valence-corrected chi connectivity index (χ1v) is 13.5. The van der Waals surface area contributed by atoms with Crippen LogP contribution in [0, 0.1) is 0 Å². The standard InChI is InChI=1S/C26H42N8O8/c27-12-2-1-4-17(28)22(38)34-20(14-15-6-8-16(35)9-7-15)24(40)32-18(5-3-13-31-26(29)30)23(39)33-19(25(41)42)10-11-21(36)37/h6-9,17-20,35H,1-5,10-14,27-28H2,(H,32,40)(H,33,39)(H,34,38)(H,36,37)(H,41,42)(H4,29,30,31). The molecule has 14 N–H and O–H groups in total. The molecule has 0 aliphatic rings. The van der Waals surface area contributed by atoms with E-state index < -0.39 is 60.2 Å². The third kappa shape index (κ3) is 14.3. The van der Waals surface area contributed by atoms with Gasteiger partial charge in [0.05, 0.1) is 6.04 Å². The van der Waals surface area contributed by atoms with Crippen LogP contribution in [0.1, 0.15) is 50.5 Å². The average Bonchev–Trinajstić information content (AvgIpc) is 2.92. The van der Waals surface area contributed by atoms with Gasteiger partial charge in [0.2, 0.25) is 17.7 Å². The Balaban J connectivity index is 3.17. The van der Waals surface area contributed by atoms with Gasteiger partial charge in [-0.05, 0) is 56.3 Å². The van der Waals surface area contributed by atoms with E-state index in [1.807, 2.05) is 0 Å². The number of aliphatic imine (C=N–C) groups is 1. The van der Waals surface area contributed by atoms with Crippen LogP contribution in [0.5, 0.6) is 5.75 Å². The van der Waals surface area contributed by atoms with E-state index in [-0.39, 0.29) is 43.9 Å². The van der Waals surface area contributed by atoms with Crippen LogP contribution in [0.2, 0.25) is 0 Å². The highest BCUT2D eigenvalue weighted by Crippen LogP contribution is 2.12. The largest absolute Gasteiger partial charge is 0.508 e. The zero-order valence-electron chi connectivity index (χ0n) is 23.3. The first-order valence-electron chi connectivity index (χ1n) is 13.5. The number of carboxylic acid groups (broad SMARTS) is 2. The highest BCUT2D eigenvalue weighted by atomic mass is 16.4. The second-order valence-corrected chi connectivity index (χ2v) is 9.66. The van der Waals surface area contributed by atoms with Crippen LogP contribution in [-0.4, -0.2) is 88.2 Å². The predicted molar refractivity (Wildman–Crippen MR) is 153 cm³/mol. The number of carbonyl (C=O) groups excluding carboxylic acids is 3. The second kappa shape index (κ2) is 18.8. The molecule has 0 radical (unpaired) electrons. The predicted octanol–water partition coefficient (Wildman–Crippen LogP) is -2.15. The van der Waals surface area contributed by atoms with Crippen LogP contribution in [-0.2, 0) is 30.4 Å². The van der Waals surface area contributed by atoms with Gasteiger partial charge in [-0.3, -0.25) is 24.2 Å². The molecular formula is C26H42N8O8. The first kappa shape index (κ1) is 35.6. The summed E-state index contributed by atoms with van der Waals surface area (Å²) in [5.41, 5.74) is 22.7. The van der Waals surface area contributed by atoms with Gasteiger partial charge in [0.15, 0.2) is 5.96 Å². The van der Waals surface area contributed by atoms with Gasteiger partial charge >= 0.3 is 11.9 Å². The summed E-state index contributed by atoms with van der Waals surface area (Å²) in [6.07, 6.45) is 0.884. The van der Waals surface area contributed by atoms with Crippen LogP contribution >= 0.6 is 0 Å². The molecule has 0 heterocycles. The lowest BCUT2D eigenvalue weighted by molar-refractivity contribution is -0.143. The monoisotopic (exact) mass is 594 g/mol. The van der Waals surface area contributed by atoms with Crippen molar-refractivity contribution >= 4 is 35.6 Å². The summed E-state index contributed by atoms with van der Waals surface area (Å²) >= 11 is 0. The Morgan fingerprint density at radius 3 is 1.95 bits per heavy atom. The summed E-state index contributed by atoms with van der Waals surface area (Å²) in [6, 6.07) is 1.01. The number of rotatable bonds is 20. The van der Waals surface area contributed by atoms with Crippen molar-refractivity contribution in [2.75, 3.05) is 13.1 Å². The van der Waals surface area contributed by atoms with Crippen molar-refractivity contribution in [3.8, 4) is 5.75 Å². The zero-order valence-corrected chi connectivity index (χ0v) is 23.3. The molecule has 3 amide bonds. The van der Waals surface area contributed by atoms with E-state index in [2.05, 4.69) is 20.9 Å². The van der Waals surface area contributed by atoms with E-state index in [0.29, 0.717) is 31.4 Å². The number of nitrogens with two attached hydrogens (primary N) is 4. The summed E-state index contributed by atoms with van der Waals surface area (Å²) < 4.78 is 0. The SMILES string of the molecule is NCCCCC(N)C(=O)NC(Cc1ccc(O)cc1)C(=O)NC(CCCN=C(N)N)C(=O)NC(CCC(=O)O)C(=O)O. The van der Waals surface area contributed by atoms with Gasteiger partial charge in [0, 0.05) is 19.4 Å². The van der Waals surface area contributed by atoms with Crippen molar-refractivity contribution in [3.05, 3.63) is 29.8 Å². The molecule has 1 aromatic carbocycles. The van der Waals surface area contributed by atoms with Crippen LogP contribution in [0.15, 0.2) is 29.3 Å². The van der Waals surface area contributed by atoms with Crippen molar-refractivity contribution < 1.29 is 39.3 Å². The summed E-state index contributed by atoms with van der Waals surface area (Å²) in [6.45, 7) is 0.542. The minimum Gasteiger partial charge on any atom is -0.508 e.